The summed E-state index contributed by atoms with van der Waals surface area (Å²) in [6, 6.07) is 85.7. The Labute approximate surface area is 399 Å². The van der Waals surface area contributed by atoms with E-state index in [0.717, 1.165) is 28.3 Å². The van der Waals surface area contributed by atoms with Crippen LogP contribution < -0.4 is 4.90 Å². The topological polar surface area (TPSA) is 8.17 Å². The highest BCUT2D eigenvalue weighted by molar-refractivity contribution is 6.16. The van der Waals surface area contributed by atoms with Gasteiger partial charge >= 0.3 is 0 Å². The summed E-state index contributed by atoms with van der Waals surface area (Å²) in [6.07, 6.45) is 0. The largest absolute Gasteiger partial charge is 0.309 e. The SMILES string of the molecule is CC1(C)c2ccccc2-c2cc(-c3ccccc3N(c3cccc(-c4cccc5c4c4ccccc4n5-c4ccccc4)c3)c3ccccc3-c3cccc4c3-c3ccccc3C4(C)C)ccc21. The Kier molecular flexibility index (Phi) is 8.95. The Morgan fingerprint density at radius 3 is 1.68 bits per heavy atom. The van der Waals surface area contributed by atoms with Gasteiger partial charge < -0.3 is 9.47 Å². The van der Waals surface area contributed by atoms with E-state index >= 15 is 0 Å². The molecule has 0 spiro atoms. The molecule has 0 N–H and O–H groups in total. The standard InChI is InChI=1S/C66H50N2/c1-65(2)55-32-13-8-26-49(55)54-42-44(39-40-57(54)65)47-25-10-15-35-59(47)68(60-36-16-11-27-50(60)51-31-19-34-58-63(51)52-28-9-14-33-56(52)66(58,3)4)46-24-18-21-43(41-46)48-30-20-38-62-64(48)53-29-12-17-37-61(53)67(62)45-22-6-5-7-23-45/h5-42H,1-4H3. The summed E-state index contributed by atoms with van der Waals surface area (Å²) in [5, 5.41) is 2.49. The molecule has 10 aromatic carbocycles. The molecule has 2 heteroatoms. The molecule has 324 valence electrons. The molecule has 0 saturated heterocycles. The van der Waals surface area contributed by atoms with E-state index in [1.54, 1.807) is 0 Å². The number of fused-ring (bicyclic) bond motifs is 9. The zero-order chi connectivity index (χ0) is 45.7. The summed E-state index contributed by atoms with van der Waals surface area (Å²) in [5.41, 5.74) is 24.6. The Morgan fingerprint density at radius 2 is 0.868 bits per heavy atom. The second kappa shape index (κ2) is 15.2. The molecule has 2 aliphatic carbocycles. The van der Waals surface area contributed by atoms with Crippen molar-refractivity contribution < 1.29 is 0 Å². The Hall–Kier alpha value is -8.20. The number of hydrogen-bond donors (Lipinski definition) is 0. The molecule has 0 saturated carbocycles. The minimum Gasteiger partial charge on any atom is -0.309 e. The lowest BCUT2D eigenvalue weighted by Gasteiger charge is -2.31. The molecule has 1 heterocycles. The van der Waals surface area contributed by atoms with Gasteiger partial charge in [-0.05, 0) is 121 Å². The summed E-state index contributed by atoms with van der Waals surface area (Å²) in [6.45, 7) is 9.46. The van der Waals surface area contributed by atoms with E-state index in [9.17, 15) is 0 Å². The molecule has 11 aromatic rings. The molecule has 0 aliphatic heterocycles. The van der Waals surface area contributed by atoms with Crippen molar-refractivity contribution in [2.75, 3.05) is 4.90 Å². The Morgan fingerprint density at radius 1 is 0.338 bits per heavy atom. The number of anilines is 3. The summed E-state index contributed by atoms with van der Waals surface area (Å²) in [5.74, 6) is 0. The van der Waals surface area contributed by atoms with Crippen LogP contribution in [0.1, 0.15) is 49.9 Å². The molecule has 0 atom stereocenters. The third-order valence-corrected chi connectivity index (χ3v) is 15.2. The third-order valence-electron chi connectivity index (χ3n) is 15.2. The first kappa shape index (κ1) is 40.1. The third kappa shape index (κ3) is 5.90. The summed E-state index contributed by atoms with van der Waals surface area (Å²) in [4.78, 5) is 2.53. The van der Waals surface area contributed by atoms with E-state index < -0.39 is 0 Å². The highest BCUT2D eigenvalue weighted by Gasteiger charge is 2.38. The molecule has 2 nitrogen and oxygen atoms in total. The van der Waals surface area contributed by atoms with Crippen LogP contribution in [0.5, 0.6) is 0 Å². The number of benzene rings is 10. The summed E-state index contributed by atoms with van der Waals surface area (Å²) in [7, 11) is 0. The lowest BCUT2D eigenvalue weighted by molar-refractivity contribution is 0.660. The maximum Gasteiger partial charge on any atom is 0.0547 e. The molecule has 0 bridgehead atoms. The monoisotopic (exact) mass is 870 g/mol. The number of para-hydroxylation sites is 4. The van der Waals surface area contributed by atoms with Gasteiger partial charge in [0.15, 0.2) is 0 Å². The Bertz CT molecular complexity index is 3810. The van der Waals surface area contributed by atoms with Gasteiger partial charge in [-0.25, -0.2) is 0 Å². The van der Waals surface area contributed by atoms with Gasteiger partial charge in [-0.3, -0.25) is 0 Å². The second-order valence-corrected chi connectivity index (χ2v) is 19.6. The minimum atomic E-state index is -0.122. The van der Waals surface area contributed by atoms with E-state index in [2.05, 4.69) is 268 Å². The van der Waals surface area contributed by atoms with Crippen molar-refractivity contribution in [2.24, 2.45) is 0 Å². The quantitative estimate of drug-likeness (QED) is 0.155. The molecule has 13 rings (SSSR count). The second-order valence-electron chi connectivity index (χ2n) is 19.6. The van der Waals surface area contributed by atoms with E-state index in [1.807, 2.05) is 0 Å². The van der Waals surface area contributed by atoms with E-state index in [-0.39, 0.29) is 10.8 Å². The lowest BCUT2D eigenvalue weighted by atomic mass is 9.82. The molecule has 0 amide bonds. The van der Waals surface area contributed by atoms with Crippen LogP contribution in [0.25, 0.3) is 83.1 Å². The van der Waals surface area contributed by atoms with E-state index in [0.29, 0.717) is 0 Å². The predicted octanol–water partition coefficient (Wildman–Crippen LogP) is 17.9. The van der Waals surface area contributed by atoms with Gasteiger partial charge in [0.05, 0.1) is 22.4 Å². The highest BCUT2D eigenvalue weighted by Crippen LogP contribution is 2.55. The molecular formula is C66H50N2. The van der Waals surface area contributed by atoms with Crippen molar-refractivity contribution in [3.63, 3.8) is 0 Å². The normalized spacial score (nSPS) is 13.8. The van der Waals surface area contributed by atoms with Crippen molar-refractivity contribution in [3.05, 3.63) is 253 Å². The first-order chi connectivity index (χ1) is 33.3. The molecule has 68 heavy (non-hydrogen) atoms. The highest BCUT2D eigenvalue weighted by atomic mass is 15.1. The van der Waals surface area contributed by atoms with Crippen LogP contribution in [0.2, 0.25) is 0 Å². The number of aromatic nitrogens is 1. The van der Waals surface area contributed by atoms with Gasteiger partial charge in [0, 0.05) is 44.1 Å². The van der Waals surface area contributed by atoms with E-state index in [1.165, 1.54) is 94.1 Å². The van der Waals surface area contributed by atoms with Crippen molar-refractivity contribution >= 4 is 38.9 Å². The smallest absolute Gasteiger partial charge is 0.0547 e. The first-order valence-electron chi connectivity index (χ1n) is 23.9. The molecule has 1 aromatic heterocycles. The van der Waals surface area contributed by atoms with E-state index in [4.69, 9.17) is 0 Å². The van der Waals surface area contributed by atoms with Crippen LogP contribution in [0.4, 0.5) is 17.1 Å². The number of rotatable bonds is 7. The lowest BCUT2D eigenvalue weighted by Crippen LogP contribution is -2.15. The minimum absolute atomic E-state index is 0.0746. The van der Waals surface area contributed by atoms with Gasteiger partial charge in [0.25, 0.3) is 0 Å². The van der Waals surface area contributed by atoms with Gasteiger partial charge in [0.2, 0.25) is 0 Å². The van der Waals surface area contributed by atoms with Gasteiger partial charge in [-0.1, -0.05) is 204 Å². The average molecular weight is 871 g/mol. The predicted molar refractivity (Wildman–Crippen MR) is 287 cm³/mol. The average Bonchev–Trinajstić information content (AvgIpc) is 3.94. The zero-order valence-corrected chi connectivity index (χ0v) is 38.8. The van der Waals surface area contributed by atoms with Crippen LogP contribution in [0.3, 0.4) is 0 Å². The van der Waals surface area contributed by atoms with Crippen molar-refractivity contribution in [1.82, 2.24) is 4.57 Å². The van der Waals surface area contributed by atoms with Crippen molar-refractivity contribution in [2.45, 2.75) is 38.5 Å². The van der Waals surface area contributed by atoms with Crippen LogP contribution in [-0.2, 0) is 10.8 Å². The maximum atomic E-state index is 2.53. The molecule has 0 fully saturated rings. The fraction of sp³-hybridized carbons (Fsp3) is 0.0909. The summed E-state index contributed by atoms with van der Waals surface area (Å²) >= 11 is 0. The number of nitrogens with zero attached hydrogens (tertiary/aromatic N) is 2. The van der Waals surface area contributed by atoms with Crippen molar-refractivity contribution in [1.29, 1.82) is 0 Å². The van der Waals surface area contributed by atoms with Crippen molar-refractivity contribution in [3.8, 4) is 61.3 Å². The fourth-order valence-electron chi connectivity index (χ4n) is 12.0. The van der Waals surface area contributed by atoms with Crippen LogP contribution in [-0.4, -0.2) is 4.57 Å². The van der Waals surface area contributed by atoms with Crippen LogP contribution in [0, 0.1) is 0 Å². The first-order valence-corrected chi connectivity index (χ1v) is 23.9. The van der Waals surface area contributed by atoms with Crippen LogP contribution in [0.15, 0.2) is 231 Å². The zero-order valence-electron chi connectivity index (χ0n) is 38.8. The van der Waals surface area contributed by atoms with Crippen LogP contribution >= 0.6 is 0 Å². The van der Waals surface area contributed by atoms with Gasteiger partial charge in [-0.15, -0.1) is 0 Å². The molecule has 0 radical (unpaired) electrons. The molecule has 2 aliphatic rings. The number of hydrogen-bond acceptors (Lipinski definition) is 1. The Balaban J connectivity index is 1.06. The molecular weight excluding hydrogens is 821 g/mol. The van der Waals surface area contributed by atoms with Gasteiger partial charge in [-0.2, -0.15) is 0 Å². The maximum absolute atomic E-state index is 2.53. The fourth-order valence-corrected chi connectivity index (χ4v) is 12.0. The van der Waals surface area contributed by atoms with Gasteiger partial charge in [0.1, 0.15) is 0 Å². The molecule has 0 unspecified atom stereocenters. The summed E-state index contributed by atoms with van der Waals surface area (Å²) < 4.78 is 2.41.